The molecule has 1 amide bonds. The van der Waals surface area contributed by atoms with E-state index < -0.39 is 70.7 Å². The maximum absolute atomic E-state index is 14.6. The molecular formula is C23H23F6N5O3S. The minimum absolute atomic E-state index is 0. The Balaban J connectivity index is 0.00000420. The van der Waals surface area contributed by atoms with Crippen LogP contribution in [0.25, 0.3) is 11.4 Å². The second-order valence-corrected chi connectivity index (χ2v) is 10.6. The van der Waals surface area contributed by atoms with Crippen LogP contribution >= 0.6 is 0 Å². The van der Waals surface area contributed by atoms with E-state index in [1.54, 1.807) is 0 Å². The Morgan fingerprint density at radius 3 is 2.45 bits per heavy atom. The van der Waals surface area contributed by atoms with Crippen molar-refractivity contribution >= 4 is 15.9 Å². The Labute approximate surface area is 214 Å². The smallest absolute Gasteiger partial charge is 0.351 e. The molecular weight excluding hydrogens is 540 g/mol. The number of nitrogens with zero attached hydrogens (tertiary/aromatic N) is 4. The van der Waals surface area contributed by atoms with Gasteiger partial charge < -0.3 is 5.32 Å². The second kappa shape index (κ2) is 10.0. The lowest BCUT2D eigenvalue weighted by Gasteiger charge is -2.27. The highest BCUT2D eigenvalue weighted by molar-refractivity contribution is 7.89. The lowest BCUT2D eigenvalue weighted by atomic mass is 10.1. The molecule has 1 saturated heterocycles. The average molecular weight is 564 g/mol. The van der Waals surface area contributed by atoms with E-state index in [9.17, 15) is 39.6 Å². The first kappa shape index (κ1) is 27.6. The number of hydrogen-bond donors (Lipinski definition) is 1. The molecule has 3 aromatic rings. The Bertz CT molecular complexity index is 1470. The molecule has 0 spiro atoms. The van der Waals surface area contributed by atoms with Crippen LogP contribution in [0.4, 0.5) is 26.3 Å². The zero-order valence-electron chi connectivity index (χ0n) is 19.9. The van der Waals surface area contributed by atoms with E-state index in [-0.39, 0.29) is 23.3 Å². The number of aromatic nitrogens is 3. The van der Waals surface area contributed by atoms with Crippen molar-refractivity contribution in [2.45, 2.75) is 49.2 Å². The van der Waals surface area contributed by atoms with Crippen LogP contribution in [-0.2, 0) is 34.6 Å². The molecule has 3 atom stereocenters. The number of nitrogens with one attached hydrogen (secondary N) is 1. The van der Waals surface area contributed by atoms with Gasteiger partial charge in [0.05, 0.1) is 28.5 Å². The molecule has 0 unspecified atom stereocenters. The number of hydrogen-bond acceptors (Lipinski definition) is 5. The van der Waals surface area contributed by atoms with Gasteiger partial charge in [-0.3, -0.25) is 14.5 Å². The number of aryl methyl sites for hydroxylation is 1. The van der Waals surface area contributed by atoms with E-state index in [1.165, 1.54) is 14.0 Å². The predicted octanol–water partition coefficient (Wildman–Crippen LogP) is 3.83. The van der Waals surface area contributed by atoms with Crippen LogP contribution in [-0.4, -0.2) is 51.7 Å². The zero-order valence-corrected chi connectivity index (χ0v) is 20.7. The van der Waals surface area contributed by atoms with Crippen LogP contribution < -0.4 is 5.32 Å². The normalized spacial score (nSPS) is 20.6. The summed E-state index contributed by atoms with van der Waals surface area (Å²) in [6.07, 6.45) is -6.10. The number of sulfonamides is 1. The molecule has 1 aliphatic rings. The number of benzene rings is 1. The Morgan fingerprint density at radius 2 is 1.84 bits per heavy atom. The molecule has 1 aliphatic heterocycles. The molecule has 0 radical (unpaired) electrons. The van der Waals surface area contributed by atoms with E-state index in [4.69, 9.17) is 0 Å². The first-order valence-corrected chi connectivity index (χ1v) is 12.6. The van der Waals surface area contributed by atoms with Gasteiger partial charge in [-0.15, -0.1) is 0 Å². The van der Waals surface area contributed by atoms with E-state index in [1.807, 2.05) is 0 Å². The quantitative estimate of drug-likeness (QED) is 0.460. The fourth-order valence-corrected chi connectivity index (χ4v) is 6.01. The SMILES string of the molecule is C[C@H]1[C@H](F)C[C@@H](C(=O)NCc2cc(-c3cc(C(F)(F)F)nn3C)ncc2F)N1S(=O)(=O)c1ccc(F)cc1.[HH]. The lowest BCUT2D eigenvalue weighted by Crippen LogP contribution is -2.48. The number of alkyl halides is 4. The van der Waals surface area contributed by atoms with Crippen LogP contribution in [0.5, 0.6) is 0 Å². The Hall–Kier alpha value is -3.46. The molecule has 38 heavy (non-hydrogen) atoms. The van der Waals surface area contributed by atoms with Crippen molar-refractivity contribution in [2.24, 2.45) is 7.05 Å². The van der Waals surface area contributed by atoms with Gasteiger partial charge in [-0.05, 0) is 43.3 Å². The molecule has 8 nitrogen and oxygen atoms in total. The molecule has 1 fully saturated rings. The fourth-order valence-electron chi connectivity index (χ4n) is 4.20. The third-order valence-electron chi connectivity index (χ3n) is 6.19. The summed E-state index contributed by atoms with van der Waals surface area (Å²) in [5.41, 5.74) is -1.45. The summed E-state index contributed by atoms with van der Waals surface area (Å²) in [6, 6.07) is 2.99. The summed E-state index contributed by atoms with van der Waals surface area (Å²) < 4.78 is 109. The van der Waals surface area contributed by atoms with Gasteiger partial charge in [-0.2, -0.15) is 22.6 Å². The van der Waals surface area contributed by atoms with Crippen LogP contribution in [0.3, 0.4) is 0 Å². The average Bonchev–Trinajstić information content (AvgIpc) is 3.38. The first-order chi connectivity index (χ1) is 17.7. The standard InChI is InChI=1S/C23H21F6N5O3S.H2/c1-12-16(25)8-20(34(12)38(36,37)15-5-3-14(24)4-6-15)22(35)31-10-13-7-18(30-11-17(13)26)19-9-21(23(27,28)29)32-33(19)2;/h3-7,9,11-12,16,20H,8,10H2,1-2H3,(H,31,35);1H/t12-,16+,20-;/m0./s1. The van der Waals surface area contributed by atoms with Gasteiger partial charge in [0.15, 0.2) is 5.69 Å². The van der Waals surface area contributed by atoms with Crippen molar-refractivity contribution < 1.29 is 41.0 Å². The van der Waals surface area contributed by atoms with E-state index in [0.717, 1.165) is 47.3 Å². The minimum atomic E-state index is -4.71. The minimum Gasteiger partial charge on any atom is -0.351 e. The molecule has 2 aromatic heterocycles. The van der Waals surface area contributed by atoms with Gasteiger partial charge in [-0.1, -0.05) is 0 Å². The number of rotatable bonds is 6. The number of carbonyl (C=O) groups excluding carboxylic acids is 1. The van der Waals surface area contributed by atoms with Gasteiger partial charge in [-0.25, -0.2) is 21.6 Å². The monoisotopic (exact) mass is 563 g/mol. The predicted molar refractivity (Wildman–Crippen MR) is 124 cm³/mol. The zero-order chi connectivity index (χ0) is 28.0. The van der Waals surface area contributed by atoms with Crippen molar-refractivity contribution in [1.82, 2.24) is 24.4 Å². The number of pyridine rings is 1. The summed E-state index contributed by atoms with van der Waals surface area (Å²) in [5.74, 6) is -2.48. The highest BCUT2D eigenvalue weighted by Crippen LogP contribution is 2.34. The van der Waals surface area contributed by atoms with E-state index >= 15 is 0 Å². The number of halogens is 6. The summed E-state index contributed by atoms with van der Waals surface area (Å²) in [5, 5.41) is 5.75. The molecule has 1 aromatic carbocycles. The summed E-state index contributed by atoms with van der Waals surface area (Å²) in [4.78, 5) is 16.4. The highest BCUT2D eigenvalue weighted by Gasteiger charge is 2.49. The van der Waals surface area contributed by atoms with Crippen molar-refractivity contribution in [3.05, 3.63) is 65.5 Å². The summed E-state index contributed by atoms with van der Waals surface area (Å²) >= 11 is 0. The molecule has 206 valence electrons. The molecule has 3 heterocycles. The second-order valence-electron chi connectivity index (χ2n) is 8.71. The highest BCUT2D eigenvalue weighted by atomic mass is 32.2. The van der Waals surface area contributed by atoms with E-state index in [0.29, 0.717) is 4.31 Å². The summed E-state index contributed by atoms with van der Waals surface area (Å²) in [7, 11) is -3.15. The maximum Gasteiger partial charge on any atom is 0.435 e. The van der Waals surface area contributed by atoms with Crippen molar-refractivity contribution in [2.75, 3.05) is 0 Å². The third kappa shape index (κ3) is 5.25. The topological polar surface area (TPSA) is 97.2 Å². The maximum atomic E-state index is 14.6. The van der Waals surface area contributed by atoms with Gasteiger partial charge in [0.2, 0.25) is 15.9 Å². The first-order valence-electron chi connectivity index (χ1n) is 11.2. The molecule has 0 saturated carbocycles. The molecule has 4 rings (SSSR count). The van der Waals surface area contributed by atoms with Crippen molar-refractivity contribution in [1.29, 1.82) is 0 Å². The van der Waals surface area contributed by atoms with E-state index in [2.05, 4.69) is 15.4 Å². The number of amides is 1. The van der Waals surface area contributed by atoms with Gasteiger partial charge >= 0.3 is 6.18 Å². The summed E-state index contributed by atoms with van der Waals surface area (Å²) in [6.45, 7) is 0.799. The molecule has 0 bridgehead atoms. The third-order valence-corrected chi connectivity index (χ3v) is 8.20. The Kier molecular flexibility index (Phi) is 7.27. The van der Waals surface area contributed by atoms with Crippen molar-refractivity contribution in [3.8, 4) is 11.4 Å². The van der Waals surface area contributed by atoms with Gasteiger partial charge in [0, 0.05) is 27.0 Å². The van der Waals surface area contributed by atoms with Gasteiger partial charge in [0.1, 0.15) is 23.8 Å². The van der Waals surface area contributed by atoms with Crippen LogP contribution in [0.15, 0.2) is 47.5 Å². The molecule has 15 heteroatoms. The van der Waals surface area contributed by atoms with Crippen LogP contribution in [0.1, 0.15) is 26.0 Å². The van der Waals surface area contributed by atoms with Crippen molar-refractivity contribution in [3.63, 3.8) is 0 Å². The fraction of sp³-hybridized carbons (Fsp3) is 0.348. The van der Waals surface area contributed by atoms with Crippen LogP contribution in [0, 0.1) is 11.6 Å². The van der Waals surface area contributed by atoms with Gasteiger partial charge in [0.25, 0.3) is 0 Å². The number of carbonyl (C=O) groups is 1. The largest absolute Gasteiger partial charge is 0.435 e. The van der Waals surface area contributed by atoms with Crippen LogP contribution in [0.2, 0.25) is 0 Å². The molecule has 1 N–H and O–H groups in total. The lowest BCUT2D eigenvalue weighted by molar-refractivity contribution is -0.141. The Morgan fingerprint density at radius 1 is 1.18 bits per heavy atom. The molecule has 0 aliphatic carbocycles.